The Kier molecular flexibility index (Phi) is 5.17. The van der Waals surface area contributed by atoms with Gasteiger partial charge < -0.3 is 10.0 Å². The van der Waals surface area contributed by atoms with Crippen LogP contribution in [0.25, 0.3) is 0 Å². The third-order valence-corrected chi connectivity index (χ3v) is 6.38. The number of amides is 1. The first kappa shape index (κ1) is 19.6. The lowest BCUT2D eigenvalue weighted by atomic mass is 9.87. The molecule has 0 radical (unpaired) electrons. The minimum absolute atomic E-state index is 0.0193. The molecule has 1 atom stereocenters. The SMILES string of the molecule is CC(=O)N1CCC2(CC1)N=C(c1ccc(C)c(C)c1)C[C@H](c1ccccc1O)N2. The molecular formula is C24H29N3O2. The minimum Gasteiger partial charge on any atom is -0.508 e. The second kappa shape index (κ2) is 7.64. The molecule has 1 amide bonds. The molecule has 152 valence electrons. The molecule has 0 unspecified atom stereocenters. The normalized spacial score (nSPS) is 21.1. The number of aliphatic imine (C=N–C) groups is 1. The second-order valence-corrected chi connectivity index (χ2v) is 8.36. The summed E-state index contributed by atoms with van der Waals surface area (Å²) in [5.74, 6) is 0.425. The van der Waals surface area contributed by atoms with Crippen LogP contribution in [0.1, 0.15) is 54.5 Å². The number of benzene rings is 2. The molecule has 0 aromatic heterocycles. The third kappa shape index (κ3) is 3.92. The summed E-state index contributed by atoms with van der Waals surface area (Å²) in [6.45, 7) is 7.26. The molecule has 2 aromatic rings. The highest BCUT2D eigenvalue weighted by atomic mass is 16.3. The van der Waals surface area contributed by atoms with Gasteiger partial charge in [0.1, 0.15) is 11.4 Å². The third-order valence-electron chi connectivity index (χ3n) is 6.38. The Morgan fingerprint density at radius 3 is 2.52 bits per heavy atom. The number of nitrogens with one attached hydrogen (secondary N) is 1. The molecule has 1 spiro atoms. The largest absolute Gasteiger partial charge is 0.508 e. The fourth-order valence-corrected chi connectivity index (χ4v) is 4.43. The smallest absolute Gasteiger partial charge is 0.219 e. The maximum absolute atomic E-state index is 11.8. The topological polar surface area (TPSA) is 64.9 Å². The number of hydrogen-bond donors (Lipinski definition) is 2. The number of carbonyl (C=O) groups is 1. The molecule has 0 aliphatic carbocycles. The average molecular weight is 392 g/mol. The number of piperidine rings is 1. The summed E-state index contributed by atoms with van der Waals surface area (Å²) in [6, 6.07) is 14.0. The van der Waals surface area contributed by atoms with Crippen molar-refractivity contribution in [1.29, 1.82) is 0 Å². The molecule has 4 rings (SSSR count). The van der Waals surface area contributed by atoms with E-state index in [0.29, 0.717) is 18.8 Å². The summed E-state index contributed by atoms with van der Waals surface area (Å²) >= 11 is 0. The van der Waals surface area contributed by atoms with Crippen molar-refractivity contribution in [2.24, 2.45) is 4.99 Å². The summed E-state index contributed by atoms with van der Waals surface area (Å²) in [6.07, 6.45) is 2.26. The Morgan fingerprint density at radius 2 is 1.86 bits per heavy atom. The first-order valence-corrected chi connectivity index (χ1v) is 10.3. The van der Waals surface area contributed by atoms with E-state index in [2.05, 4.69) is 37.4 Å². The molecule has 29 heavy (non-hydrogen) atoms. The number of nitrogens with zero attached hydrogens (tertiary/aromatic N) is 2. The number of rotatable bonds is 2. The maximum Gasteiger partial charge on any atom is 0.219 e. The van der Waals surface area contributed by atoms with Gasteiger partial charge in [-0.3, -0.25) is 15.1 Å². The van der Waals surface area contributed by atoms with Gasteiger partial charge in [-0.1, -0.05) is 30.3 Å². The summed E-state index contributed by atoms with van der Waals surface area (Å²) in [4.78, 5) is 18.9. The van der Waals surface area contributed by atoms with Gasteiger partial charge in [-0.15, -0.1) is 0 Å². The molecule has 1 fully saturated rings. The van der Waals surface area contributed by atoms with E-state index in [1.54, 1.807) is 13.0 Å². The van der Waals surface area contributed by atoms with Gasteiger partial charge in [0.05, 0.1) is 0 Å². The van der Waals surface area contributed by atoms with Crippen LogP contribution < -0.4 is 5.32 Å². The van der Waals surface area contributed by atoms with Gasteiger partial charge in [-0.2, -0.15) is 0 Å². The van der Waals surface area contributed by atoms with Gasteiger partial charge in [-0.05, 0) is 42.7 Å². The Labute approximate surface area is 172 Å². The number of carbonyl (C=O) groups excluding carboxylic acids is 1. The highest BCUT2D eigenvalue weighted by molar-refractivity contribution is 6.02. The Hall–Kier alpha value is -2.66. The zero-order valence-corrected chi connectivity index (χ0v) is 17.4. The average Bonchev–Trinajstić information content (AvgIpc) is 2.70. The molecule has 2 aromatic carbocycles. The number of aryl methyl sites for hydroxylation is 2. The molecule has 1 saturated heterocycles. The molecule has 0 bridgehead atoms. The van der Waals surface area contributed by atoms with E-state index >= 15 is 0 Å². The first-order valence-electron chi connectivity index (χ1n) is 10.3. The van der Waals surface area contributed by atoms with Crippen LogP contribution in [0, 0.1) is 13.8 Å². The van der Waals surface area contributed by atoms with Crippen LogP contribution >= 0.6 is 0 Å². The van der Waals surface area contributed by atoms with Crippen LogP contribution in [0.3, 0.4) is 0 Å². The van der Waals surface area contributed by atoms with Crippen molar-refractivity contribution >= 4 is 11.6 Å². The van der Waals surface area contributed by atoms with Crippen molar-refractivity contribution in [3.63, 3.8) is 0 Å². The number of phenolic OH excluding ortho intramolecular Hbond substituents is 1. The van der Waals surface area contributed by atoms with E-state index in [0.717, 1.165) is 36.1 Å². The number of aromatic hydroxyl groups is 1. The quantitative estimate of drug-likeness (QED) is 0.817. The van der Waals surface area contributed by atoms with E-state index < -0.39 is 5.66 Å². The monoisotopic (exact) mass is 391 g/mol. The molecule has 2 aliphatic rings. The van der Waals surface area contributed by atoms with Gasteiger partial charge in [-0.25, -0.2) is 0 Å². The van der Waals surface area contributed by atoms with Crippen molar-refractivity contribution in [2.45, 2.75) is 51.7 Å². The van der Waals surface area contributed by atoms with E-state index in [9.17, 15) is 9.90 Å². The first-order chi connectivity index (χ1) is 13.9. The van der Waals surface area contributed by atoms with Crippen LogP contribution in [0.4, 0.5) is 0 Å². The van der Waals surface area contributed by atoms with Gasteiger partial charge in [0.15, 0.2) is 0 Å². The van der Waals surface area contributed by atoms with E-state index in [1.807, 2.05) is 23.1 Å². The molecule has 5 heteroatoms. The van der Waals surface area contributed by atoms with E-state index in [1.165, 1.54) is 11.1 Å². The van der Waals surface area contributed by atoms with Crippen molar-refractivity contribution in [2.75, 3.05) is 13.1 Å². The zero-order chi connectivity index (χ0) is 20.6. The minimum atomic E-state index is -0.411. The molecule has 2 aliphatic heterocycles. The van der Waals surface area contributed by atoms with E-state index in [-0.39, 0.29) is 11.9 Å². The van der Waals surface area contributed by atoms with Crippen LogP contribution in [-0.4, -0.2) is 40.4 Å². The van der Waals surface area contributed by atoms with Gasteiger partial charge in [0.2, 0.25) is 5.91 Å². The summed E-state index contributed by atoms with van der Waals surface area (Å²) in [7, 11) is 0. The molecule has 2 N–H and O–H groups in total. The lowest BCUT2D eigenvalue weighted by Gasteiger charge is -2.45. The van der Waals surface area contributed by atoms with Crippen LogP contribution in [0.5, 0.6) is 5.75 Å². The Bertz CT molecular complexity index is 958. The number of para-hydroxylation sites is 1. The lowest BCUT2D eigenvalue weighted by molar-refractivity contribution is -0.130. The van der Waals surface area contributed by atoms with Gasteiger partial charge in [0.25, 0.3) is 0 Å². The Balaban J connectivity index is 1.72. The van der Waals surface area contributed by atoms with Crippen LogP contribution in [0.15, 0.2) is 47.5 Å². The maximum atomic E-state index is 11.8. The predicted molar refractivity (Wildman–Crippen MR) is 115 cm³/mol. The molecule has 2 heterocycles. The number of hydrogen-bond acceptors (Lipinski definition) is 4. The zero-order valence-electron chi connectivity index (χ0n) is 17.4. The fourth-order valence-electron chi connectivity index (χ4n) is 4.43. The highest BCUT2D eigenvalue weighted by Crippen LogP contribution is 2.37. The van der Waals surface area contributed by atoms with Crippen molar-refractivity contribution in [3.05, 3.63) is 64.7 Å². The number of likely N-dealkylation sites (tertiary alicyclic amines) is 1. The van der Waals surface area contributed by atoms with Crippen LogP contribution in [-0.2, 0) is 4.79 Å². The number of phenols is 1. The van der Waals surface area contributed by atoms with Gasteiger partial charge >= 0.3 is 0 Å². The van der Waals surface area contributed by atoms with Crippen molar-refractivity contribution in [1.82, 2.24) is 10.2 Å². The molecule has 5 nitrogen and oxygen atoms in total. The molecule has 0 saturated carbocycles. The second-order valence-electron chi connectivity index (χ2n) is 8.36. The summed E-state index contributed by atoms with van der Waals surface area (Å²) < 4.78 is 0. The van der Waals surface area contributed by atoms with Gasteiger partial charge in [0, 0.05) is 56.6 Å². The summed E-state index contributed by atoms with van der Waals surface area (Å²) in [5, 5.41) is 14.2. The van der Waals surface area contributed by atoms with E-state index in [4.69, 9.17) is 4.99 Å². The van der Waals surface area contributed by atoms with Crippen molar-refractivity contribution in [3.8, 4) is 5.75 Å². The van der Waals surface area contributed by atoms with Crippen LogP contribution in [0.2, 0.25) is 0 Å². The van der Waals surface area contributed by atoms with Crippen molar-refractivity contribution < 1.29 is 9.90 Å². The molecular weight excluding hydrogens is 362 g/mol. The summed E-state index contributed by atoms with van der Waals surface area (Å²) in [5.41, 5.74) is 5.22. The standard InChI is InChI=1S/C24H29N3O2/c1-16-8-9-19(14-17(16)2)21-15-22(20-6-4-5-7-23(20)29)26-24(25-21)10-12-27(13-11-24)18(3)28/h4-9,14,22,26,29H,10-13,15H2,1-3H3/t22-/m1/s1. The Morgan fingerprint density at radius 1 is 1.14 bits per heavy atom. The predicted octanol–water partition coefficient (Wildman–Crippen LogP) is 3.87. The fraction of sp³-hybridized carbons (Fsp3) is 0.417. The lowest BCUT2D eigenvalue weighted by Crippen LogP contribution is -2.56. The highest BCUT2D eigenvalue weighted by Gasteiger charge is 2.41.